The summed E-state index contributed by atoms with van der Waals surface area (Å²) in [6.45, 7) is 3.07. The predicted molar refractivity (Wildman–Crippen MR) is 67.6 cm³/mol. The van der Waals surface area contributed by atoms with Crippen molar-refractivity contribution in [3.63, 3.8) is 0 Å². The van der Waals surface area contributed by atoms with Crippen LogP contribution in [0.3, 0.4) is 0 Å². The normalized spacial score (nSPS) is 17.9. The van der Waals surface area contributed by atoms with Gasteiger partial charge in [-0.3, -0.25) is 0 Å². The molecule has 0 spiro atoms. The van der Waals surface area contributed by atoms with E-state index in [0.29, 0.717) is 12.0 Å². The molecule has 2 nitrogen and oxygen atoms in total. The van der Waals surface area contributed by atoms with E-state index in [1.807, 2.05) is 0 Å². The molecule has 2 aromatic rings. The molecule has 0 atom stereocenters. The Morgan fingerprint density at radius 3 is 2.88 bits per heavy atom. The molecule has 0 unspecified atom stereocenters. The van der Waals surface area contributed by atoms with Gasteiger partial charge in [0.05, 0.1) is 0 Å². The fourth-order valence-corrected chi connectivity index (χ4v) is 2.39. The highest BCUT2D eigenvalue weighted by atomic mass is 14.7. The van der Waals surface area contributed by atoms with Gasteiger partial charge in [-0.25, -0.2) is 0 Å². The highest BCUT2D eigenvalue weighted by Gasteiger charge is 2.38. The molecule has 1 aromatic carbocycles. The fourth-order valence-electron chi connectivity index (χ4n) is 2.39. The van der Waals surface area contributed by atoms with Crippen LogP contribution in [0.2, 0.25) is 0 Å². The van der Waals surface area contributed by atoms with E-state index in [1.54, 1.807) is 0 Å². The second-order valence-electron chi connectivity index (χ2n) is 5.17. The summed E-state index contributed by atoms with van der Waals surface area (Å²) >= 11 is 0. The summed E-state index contributed by atoms with van der Waals surface area (Å²) in [7, 11) is 0. The second kappa shape index (κ2) is 3.36. The monoisotopic (exact) mass is 214 g/mol. The molecule has 3 N–H and O–H groups in total. The number of H-pyrrole nitrogens is 1. The SMILES string of the molecule is CC1(c2ccc3[nH]cc(CCN)c3c2)CC1. The van der Waals surface area contributed by atoms with Crippen molar-refractivity contribution in [2.24, 2.45) is 5.73 Å². The summed E-state index contributed by atoms with van der Waals surface area (Å²) in [4.78, 5) is 3.32. The van der Waals surface area contributed by atoms with Crippen LogP contribution in [-0.4, -0.2) is 11.5 Å². The zero-order valence-corrected chi connectivity index (χ0v) is 9.72. The molecule has 1 saturated carbocycles. The van der Waals surface area contributed by atoms with E-state index in [-0.39, 0.29) is 0 Å². The van der Waals surface area contributed by atoms with Gasteiger partial charge < -0.3 is 10.7 Å². The first kappa shape index (κ1) is 9.91. The maximum atomic E-state index is 5.63. The van der Waals surface area contributed by atoms with Crippen LogP contribution in [0, 0.1) is 0 Å². The summed E-state index contributed by atoms with van der Waals surface area (Å²) < 4.78 is 0. The lowest BCUT2D eigenvalue weighted by Gasteiger charge is -2.09. The maximum absolute atomic E-state index is 5.63. The van der Waals surface area contributed by atoms with Crippen molar-refractivity contribution in [3.8, 4) is 0 Å². The Kier molecular flexibility index (Phi) is 2.08. The molecule has 0 radical (unpaired) electrons. The van der Waals surface area contributed by atoms with Crippen molar-refractivity contribution in [1.29, 1.82) is 0 Å². The van der Waals surface area contributed by atoms with Crippen LogP contribution in [0.4, 0.5) is 0 Å². The van der Waals surface area contributed by atoms with Gasteiger partial charge in [0.25, 0.3) is 0 Å². The number of rotatable bonds is 3. The molecule has 3 rings (SSSR count). The maximum Gasteiger partial charge on any atom is 0.0457 e. The lowest BCUT2D eigenvalue weighted by molar-refractivity contribution is 0.789. The van der Waals surface area contributed by atoms with Crippen molar-refractivity contribution >= 4 is 10.9 Å². The molecular weight excluding hydrogens is 196 g/mol. The van der Waals surface area contributed by atoms with Crippen molar-refractivity contribution < 1.29 is 0 Å². The van der Waals surface area contributed by atoms with E-state index in [2.05, 4.69) is 36.3 Å². The molecular formula is C14H18N2. The molecule has 16 heavy (non-hydrogen) atoms. The molecule has 1 aromatic heterocycles. The van der Waals surface area contributed by atoms with Crippen LogP contribution in [0.15, 0.2) is 24.4 Å². The Morgan fingerprint density at radius 2 is 2.19 bits per heavy atom. The van der Waals surface area contributed by atoms with Gasteiger partial charge in [0.2, 0.25) is 0 Å². The van der Waals surface area contributed by atoms with Gasteiger partial charge >= 0.3 is 0 Å². The largest absolute Gasteiger partial charge is 0.361 e. The van der Waals surface area contributed by atoms with E-state index >= 15 is 0 Å². The topological polar surface area (TPSA) is 41.8 Å². The standard InChI is InChI=1S/C14H18N2/c1-14(5-6-14)11-2-3-13-12(8-11)10(4-7-15)9-16-13/h2-3,8-9,16H,4-7,15H2,1H3. The summed E-state index contributed by atoms with van der Waals surface area (Å²) in [5.41, 5.74) is 10.2. The fraction of sp³-hybridized carbons (Fsp3) is 0.429. The molecule has 1 aliphatic rings. The minimum absolute atomic E-state index is 0.450. The molecule has 1 fully saturated rings. The number of benzene rings is 1. The minimum atomic E-state index is 0.450. The van der Waals surface area contributed by atoms with Crippen molar-refractivity contribution in [2.45, 2.75) is 31.6 Å². The molecule has 1 aliphatic carbocycles. The first-order chi connectivity index (χ1) is 7.73. The second-order valence-corrected chi connectivity index (χ2v) is 5.17. The van der Waals surface area contributed by atoms with Crippen LogP contribution in [0.25, 0.3) is 10.9 Å². The summed E-state index contributed by atoms with van der Waals surface area (Å²) in [5.74, 6) is 0. The van der Waals surface area contributed by atoms with Crippen molar-refractivity contribution in [2.75, 3.05) is 6.54 Å². The Bertz CT molecular complexity index is 521. The molecule has 0 amide bonds. The third-order valence-electron chi connectivity index (χ3n) is 3.88. The Hall–Kier alpha value is -1.28. The smallest absolute Gasteiger partial charge is 0.0457 e. The quantitative estimate of drug-likeness (QED) is 0.810. The first-order valence-electron chi connectivity index (χ1n) is 6.03. The Balaban J connectivity index is 2.10. The van der Waals surface area contributed by atoms with Crippen molar-refractivity contribution in [3.05, 3.63) is 35.5 Å². The van der Waals surface area contributed by atoms with Gasteiger partial charge in [-0.1, -0.05) is 13.0 Å². The van der Waals surface area contributed by atoms with E-state index in [0.717, 1.165) is 6.42 Å². The number of hydrogen-bond donors (Lipinski definition) is 2. The number of aromatic nitrogens is 1. The predicted octanol–water partition coefficient (Wildman–Crippen LogP) is 2.72. The third-order valence-corrected chi connectivity index (χ3v) is 3.88. The van der Waals surface area contributed by atoms with Gasteiger partial charge in [0.1, 0.15) is 0 Å². The van der Waals surface area contributed by atoms with Crippen LogP contribution in [-0.2, 0) is 11.8 Å². The van der Waals surface area contributed by atoms with E-state index in [1.165, 1.54) is 34.9 Å². The summed E-state index contributed by atoms with van der Waals surface area (Å²) in [6.07, 6.45) is 5.71. The van der Waals surface area contributed by atoms with E-state index < -0.39 is 0 Å². The van der Waals surface area contributed by atoms with Crippen molar-refractivity contribution in [1.82, 2.24) is 4.98 Å². The average Bonchev–Trinajstić information content (AvgIpc) is 2.91. The van der Waals surface area contributed by atoms with Gasteiger partial charge in [0, 0.05) is 17.1 Å². The molecule has 0 saturated heterocycles. The van der Waals surface area contributed by atoms with Crippen LogP contribution >= 0.6 is 0 Å². The van der Waals surface area contributed by atoms with Gasteiger partial charge in [-0.15, -0.1) is 0 Å². The van der Waals surface area contributed by atoms with Gasteiger partial charge in [0.15, 0.2) is 0 Å². The molecule has 84 valence electrons. The van der Waals surface area contributed by atoms with Gasteiger partial charge in [-0.2, -0.15) is 0 Å². The van der Waals surface area contributed by atoms with Gasteiger partial charge in [-0.05, 0) is 54.5 Å². The number of hydrogen-bond acceptors (Lipinski definition) is 1. The van der Waals surface area contributed by atoms with Crippen LogP contribution < -0.4 is 5.73 Å². The Morgan fingerprint density at radius 1 is 1.38 bits per heavy atom. The third kappa shape index (κ3) is 1.45. The molecule has 1 heterocycles. The molecule has 0 bridgehead atoms. The Labute approximate surface area is 95.8 Å². The number of fused-ring (bicyclic) bond motifs is 1. The summed E-state index contributed by atoms with van der Waals surface area (Å²) in [6, 6.07) is 6.82. The molecule has 2 heteroatoms. The minimum Gasteiger partial charge on any atom is -0.361 e. The van der Waals surface area contributed by atoms with Crippen LogP contribution in [0.5, 0.6) is 0 Å². The van der Waals surface area contributed by atoms with Crippen LogP contribution in [0.1, 0.15) is 30.9 Å². The highest BCUT2D eigenvalue weighted by Crippen LogP contribution is 2.48. The lowest BCUT2D eigenvalue weighted by Crippen LogP contribution is -2.02. The lowest BCUT2D eigenvalue weighted by atomic mass is 9.96. The average molecular weight is 214 g/mol. The zero-order valence-electron chi connectivity index (χ0n) is 9.72. The summed E-state index contributed by atoms with van der Waals surface area (Å²) in [5, 5.41) is 1.36. The van der Waals surface area contributed by atoms with E-state index in [9.17, 15) is 0 Å². The molecule has 0 aliphatic heterocycles. The number of nitrogens with two attached hydrogens (primary N) is 1. The number of nitrogens with one attached hydrogen (secondary N) is 1. The zero-order chi connectivity index (χ0) is 11.2. The highest BCUT2D eigenvalue weighted by molar-refractivity contribution is 5.84. The first-order valence-corrected chi connectivity index (χ1v) is 6.03. The number of aromatic amines is 1. The van der Waals surface area contributed by atoms with E-state index in [4.69, 9.17) is 5.73 Å².